The number of ether oxygens (including phenoxy) is 2. The number of halogens is 4. The van der Waals surface area contributed by atoms with Crippen LogP contribution in [0.15, 0.2) is 54.6 Å². The normalized spacial score (nSPS) is 13.6. The van der Waals surface area contributed by atoms with Gasteiger partial charge in [-0.25, -0.2) is 4.98 Å². The summed E-state index contributed by atoms with van der Waals surface area (Å²) in [6.45, 7) is 12.8. The molecular formula is C32H33ClF3NO6S2. The average molecular weight is 684 g/mol. The first-order valence-corrected chi connectivity index (χ1v) is 16.4. The number of benzene rings is 3. The Labute approximate surface area is 269 Å². The molecule has 0 saturated heterocycles. The Hall–Kier alpha value is -3.19. The Kier molecular flexibility index (Phi) is 9.67. The number of carbonyl (C=O) groups is 1. The zero-order valence-electron chi connectivity index (χ0n) is 25.7. The van der Waals surface area contributed by atoms with Gasteiger partial charge in [-0.05, 0) is 95.5 Å². The van der Waals surface area contributed by atoms with Crippen LogP contribution in [0.25, 0.3) is 31.9 Å². The minimum absolute atomic E-state index is 0.0565. The average Bonchev–Trinajstić information content (AvgIpc) is 3.32. The van der Waals surface area contributed by atoms with Gasteiger partial charge in [0.2, 0.25) is 0 Å². The fraction of sp³-hybridized carbons (Fsp3) is 0.375. The molecule has 0 radical (unpaired) electrons. The van der Waals surface area contributed by atoms with Gasteiger partial charge in [-0.15, -0.1) is 11.3 Å². The zero-order valence-corrected chi connectivity index (χ0v) is 28.1. The molecule has 3 aromatic carbocycles. The third-order valence-corrected chi connectivity index (χ3v) is 8.80. The Morgan fingerprint density at radius 2 is 1.62 bits per heavy atom. The third kappa shape index (κ3) is 8.16. The number of esters is 1. The van der Waals surface area contributed by atoms with Crippen molar-refractivity contribution in [3.63, 3.8) is 0 Å². The fourth-order valence-corrected chi connectivity index (χ4v) is 6.18. The van der Waals surface area contributed by atoms with E-state index in [-0.39, 0.29) is 12.6 Å². The van der Waals surface area contributed by atoms with Crippen LogP contribution in [0.1, 0.15) is 58.8 Å². The Bertz CT molecular complexity index is 1820. The standard InChI is InChI=1S/C32H33ClF3NO6S2/c1-18-15-23-27(44-28(37-23)20-9-8-10-22(16-20)43-45(39,40)32(34,35)36)26(19-11-13-21(33)14-12-19)25(18)24(42-31(5,6)7)17-41-29(38)30(2,3)4/h8-16,24H,17H2,1-7H3. The Balaban J connectivity index is 1.91. The second-order valence-corrected chi connectivity index (χ2v) is 15.4. The van der Waals surface area contributed by atoms with Gasteiger partial charge in [0.1, 0.15) is 23.5 Å². The number of nitrogens with zero attached hydrogens (tertiary/aromatic N) is 1. The van der Waals surface area contributed by atoms with E-state index in [9.17, 15) is 26.4 Å². The van der Waals surface area contributed by atoms with Gasteiger partial charge in [0.05, 0.1) is 21.2 Å². The van der Waals surface area contributed by atoms with Crippen LogP contribution in [0.4, 0.5) is 13.2 Å². The molecule has 1 unspecified atom stereocenters. The first kappa shape index (κ1) is 34.7. The second-order valence-electron chi connectivity index (χ2n) is 12.4. The molecule has 1 aromatic heterocycles. The summed E-state index contributed by atoms with van der Waals surface area (Å²) >= 11 is 7.48. The predicted molar refractivity (Wildman–Crippen MR) is 170 cm³/mol. The van der Waals surface area contributed by atoms with E-state index in [2.05, 4.69) is 4.18 Å². The first-order chi connectivity index (χ1) is 20.7. The number of fused-ring (bicyclic) bond motifs is 1. The van der Waals surface area contributed by atoms with Gasteiger partial charge >= 0.3 is 21.6 Å². The number of aryl methyl sites for hydroxylation is 1. The van der Waals surface area contributed by atoms with Crippen LogP contribution in [0.2, 0.25) is 5.02 Å². The summed E-state index contributed by atoms with van der Waals surface area (Å²) in [6, 6.07) is 14.4. The van der Waals surface area contributed by atoms with E-state index in [0.29, 0.717) is 21.1 Å². The number of hydrogen-bond donors (Lipinski definition) is 0. The number of carbonyl (C=O) groups excluding carboxylic acids is 1. The minimum atomic E-state index is -5.86. The van der Waals surface area contributed by atoms with Crippen molar-refractivity contribution in [3.05, 3.63) is 70.7 Å². The van der Waals surface area contributed by atoms with Gasteiger partial charge < -0.3 is 13.7 Å². The fourth-order valence-electron chi connectivity index (χ4n) is 4.48. The molecule has 0 bridgehead atoms. The highest BCUT2D eigenvalue weighted by Crippen LogP contribution is 2.45. The maximum Gasteiger partial charge on any atom is 0.534 e. The number of alkyl halides is 3. The van der Waals surface area contributed by atoms with Crippen LogP contribution in [0.5, 0.6) is 5.75 Å². The maximum atomic E-state index is 12.9. The highest BCUT2D eigenvalue weighted by Gasteiger charge is 2.48. The molecule has 0 amide bonds. The molecule has 0 fully saturated rings. The lowest BCUT2D eigenvalue weighted by Crippen LogP contribution is -2.30. The molecule has 1 heterocycles. The van der Waals surface area contributed by atoms with Crippen LogP contribution < -0.4 is 4.18 Å². The van der Waals surface area contributed by atoms with Gasteiger partial charge in [-0.1, -0.05) is 35.9 Å². The van der Waals surface area contributed by atoms with Crippen LogP contribution in [0.3, 0.4) is 0 Å². The molecule has 0 aliphatic heterocycles. The summed E-state index contributed by atoms with van der Waals surface area (Å²) in [5, 5.41) is 0.945. The van der Waals surface area contributed by atoms with Crippen molar-refractivity contribution in [2.24, 2.45) is 5.41 Å². The van der Waals surface area contributed by atoms with E-state index < -0.39 is 38.5 Å². The summed E-state index contributed by atoms with van der Waals surface area (Å²) < 4.78 is 79.4. The SMILES string of the molecule is Cc1cc2nc(-c3cccc(OS(=O)(=O)C(F)(F)F)c3)sc2c(-c2ccc(Cl)cc2)c1C(COC(=O)C(C)(C)C)OC(C)(C)C. The minimum Gasteiger partial charge on any atom is -0.462 e. The molecule has 1 atom stereocenters. The molecule has 0 aliphatic rings. The van der Waals surface area contributed by atoms with Gasteiger partial charge in [0, 0.05) is 16.1 Å². The van der Waals surface area contributed by atoms with Gasteiger partial charge in [-0.3, -0.25) is 4.79 Å². The van der Waals surface area contributed by atoms with Crippen molar-refractivity contribution >= 4 is 49.2 Å². The van der Waals surface area contributed by atoms with E-state index in [1.807, 2.05) is 45.9 Å². The Morgan fingerprint density at radius 1 is 0.978 bits per heavy atom. The molecular weight excluding hydrogens is 651 g/mol. The smallest absolute Gasteiger partial charge is 0.462 e. The lowest BCUT2D eigenvalue weighted by atomic mass is 9.91. The summed E-state index contributed by atoms with van der Waals surface area (Å²) in [6.07, 6.45) is -0.679. The number of hydrogen-bond acceptors (Lipinski definition) is 8. The molecule has 0 saturated carbocycles. The van der Waals surface area contributed by atoms with Crippen molar-refractivity contribution in [2.45, 2.75) is 65.7 Å². The highest BCUT2D eigenvalue weighted by molar-refractivity contribution is 7.88. The van der Waals surface area contributed by atoms with E-state index in [4.69, 9.17) is 26.1 Å². The molecule has 4 rings (SSSR count). The number of rotatable bonds is 8. The van der Waals surface area contributed by atoms with Crippen LogP contribution >= 0.6 is 22.9 Å². The lowest BCUT2D eigenvalue weighted by Gasteiger charge is -2.31. The Morgan fingerprint density at radius 3 is 2.20 bits per heavy atom. The molecule has 0 N–H and O–H groups in total. The predicted octanol–water partition coefficient (Wildman–Crippen LogP) is 9.27. The van der Waals surface area contributed by atoms with E-state index in [1.54, 1.807) is 39.0 Å². The quantitative estimate of drug-likeness (QED) is 0.104. The van der Waals surface area contributed by atoms with Gasteiger partial charge in [0.25, 0.3) is 0 Å². The molecule has 7 nitrogen and oxygen atoms in total. The van der Waals surface area contributed by atoms with E-state index in [1.165, 1.54) is 23.5 Å². The van der Waals surface area contributed by atoms with E-state index in [0.717, 1.165) is 33.0 Å². The van der Waals surface area contributed by atoms with Gasteiger partial charge in [-0.2, -0.15) is 21.6 Å². The largest absolute Gasteiger partial charge is 0.534 e. The molecule has 0 aliphatic carbocycles. The molecule has 4 aromatic rings. The summed E-state index contributed by atoms with van der Waals surface area (Å²) in [5.41, 5.74) is -2.85. The molecule has 45 heavy (non-hydrogen) atoms. The summed E-state index contributed by atoms with van der Waals surface area (Å²) in [5.74, 6) is -0.885. The summed E-state index contributed by atoms with van der Waals surface area (Å²) in [4.78, 5) is 17.5. The highest BCUT2D eigenvalue weighted by atomic mass is 35.5. The molecule has 13 heteroatoms. The van der Waals surface area contributed by atoms with E-state index >= 15 is 0 Å². The van der Waals surface area contributed by atoms with Crippen molar-refractivity contribution < 1.29 is 40.0 Å². The maximum absolute atomic E-state index is 12.9. The van der Waals surface area contributed by atoms with Crippen molar-refractivity contribution in [2.75, 3.05) is 6.61 Å². The number of aromatic nitrogens is 1. The number of thiazole rings is 1. The summed E-state index contributed by atoms with van der Waals surface area (Å²) in [7, 11) is -5.86. The van der Waals surface area contributed by atoms with Crippen molar-refractivity contribution in [1.82, 2.24) is 4.98 Å². The van der Waals surface area contributed by atoms with Crippen molar-refractivity contribution in [3.8, 4) is 27.4 Å². The van der Waals surface area contributed by atoms with Gasteiger partial charge in [0.15, 0.2) is 0 Å². The third-order valence-electron chi connectivity index (χ3n) is 6.43. The topological polar surface area (TPSA) is 91.8 Å². The molecule has 242 valence electrons. The van der Waals surface area contributed by atoms with Crippen LogP contribution in [0, 0.1) is 12.3 Å². The zero-order chi connectivity index (χ0) is 33.5. The monoisotopic (exact) mass is 683 g/mol. The molecule has 0 spiro atoms. The van der Waals surface area contributed by atoms with Crippen LogP contribution in [-0.4, -0.2) is 37.1 Å². The lowest BCUT2D eigenvalue weighted by molar-refractivity contribution is -0.162. The second kappa shape index (κ2) is 12.5. The first-order valence-electron chi connectivity index (χ1n) is 13.8. The van der Waals surface area contributed by atoms with Crippen LogP contribution in [-0.2, 0) is 24.4 Å². The van der Waals surface area contributed by atoms with Crippen molar-refractivity contribution in [1.29, 1.82) is 0 Å².